The Balaban J connectivity index is 2.33. The van der Waals surface area contributed by atoms with Crippen LogP contribution in [0.25, 0.3) is 0 Å². The van der Waals surface area contributed by atoms with Gasteiger partial charge in [0.15, 0.2) is 0 Å². The number of carbonyl (C=O) groups is 2. The molecule has 1 aromatic rings. The highest BCUT2D eigenvalue weighted by Crippen LogP contribution is 2.31. The topological polar surface area (TPSA) is 46.6 Å². The van der Waals surface area contributed by atoms with E-state index in [4.69, 9.17) is 4.74 Å². The molecular weight excluding hydrogens is 230 g/mol. The Morgan fingerprint density at radius 1 is 1.33 bits per heavy atom. The lowest BCUT2D eigenvalue weighted by Gasteiger charge is -2.14. The summed E-state index contributed by atoms with van der Waals surface area (Å²) in [5.74, 6) is 5.26. The van der Waals surface area contributed by atoms with Crippen molar-refractivity contribution in [3.8, 4) is 17.6 Å². The van der Waals surface area contributed by atoms with Crippen LogP contribution in [0.1, 0.15) is 23.7 Å². The number of hydrogen-bond donors (Lipinski definition) is 0. The standard InChI is InChI=1S/C14H13NO3/c1-3-4-5-8-15-12-7-6-10(18-2)9-11(12)13(16)14(15)17/h6-7,9H,5,8H2,1-2H3. The lowest BCUT2D eigenvalue weighted by atomic mass is 10.1. The summed E-state index contributed by atoms with van der Waals surface area (Å²) in [6, 6.07) is 5.07. The van der Waals surface area contributed by atoms with Gasteiger partial charge < -0.3 is 9.64 Å². The number of carbonyl (C=O) groups excluding carboxylic acids is 2. The molecule has 0 atom stereocenters. The zero-order valence-corrected chi connectivity index (χ0v) is 10.3. The molecule has 1 amide bonds. The second kappa shape index (κ2) is 4.92. The normalized spacial score (nSPS) is 13.1. The van der Waals surface area contributed by atoms with Gasteiger partial charge in [0, 0.05) is 13.0 Å². The van der Waals surface area contributed by atoms with Crippen LogP contribution in [0.4, 0.5) is 5.69 Å². The van der Waals surface area contributed by atoms with E-state index in [2.05, 4.69) is 11.8 Å². The van der Waals surface area contributed by atoms with Crippen molar-refractivity contribution in [2.45, 2.75) is 13.3 Å². The van der Waals surface area contributed by atoms with Gasteiger partial charge in [0.1, 0.15) is 5.75 Å². The maximum Gasteiger partial charge on any atom is 0.299 e. The van der Waals surface area contributed by atoms with E-state index in [1.807, 2.05) is 0 Å². The van der Waals surface area contributed by atoms with Crippen molar-refractivity contribution in [2.75, 3.05) is 18.6 Å². The molecule has 0 bridgehead atoms. The van der Waals surface area contributed by atoms with Gasteiger partial charge in [-0.05, 0) is 25.1 Å². The van der Waals surface area contributed by atoms with E-state index in [0.29, 0.717) is 30.0 Å². The molecule has 2 rings (SSSR count). The predicted octanol–water partition coefficient (Wildman–Crippen LogP) is 1.64. The van der Waals surface area contributed by atoms with Crippen LogP contribution in [0.2, 0.25) is 0 Å². The number of fused-ring (bicyclic) bond motifs is 1. The molecule has 1 heterocycles. The first-order chi connectivity index (χ1) is 8.69. The van der Waals surface area contributed by atoms with Gasteiger partial charge in [0.2, 0.25) is 0 Å². The Kier molecular flexibility index (Phi) is 3.33. The fraction of sp³-hybridized carbons (Fsp3) is 0.286. The maximum absolute atomic E-state index is 11.8. The minimum Gasteiger partial charge on any atom is -0.497 e. The largest absolute Gasteiger partial charge is 0.497 e. The lowest BCUT2D eigenvalue weighted by Crippen LogP contribution is -2.30. The van der Waals surface area contributed by atoms with Crippen LogP contribution in [-0.2, 0) is 4.79 Å². The summed E-state index contributed by atoms with van der Waals surface area (Å²) in [7, 11) is 1.53. The number of amides is 1. The average molecular weight is 243 g/mol. The number of ether oxygens (including phenoxy) is 1. The average Bonchev–Trinajstić information content (AvgIpc) is 2.63. The fourth-order valence-electron chi connectivity index (χ4n) is 1.92. The van der Waals surface area contributed by atoms with E-state index in [1.54, 1.807) is 25.1 Å². The van der Waals surface area contributed by atoms with Crippen LogP contribution in [0.15, 0.2) is 18.2 Å². The molecule has 0 spiro atoms. The van der Waals surface area contributed by atoms with Gasteiger partial charge in [0.25, 0.3) is 11.7 Å². The summed E-state index contributed by atoms with van der Waals surface area (Å²) in [5, 5.41) is 0. The molecule has 92 valence electrons. The Bertz CT molecular complexity index is 566. The number of benzene rings is 1. The smallest absolute Gasteiger partial charge is 0.299 e. The van der Waals surface area contributed by atoms with Crippen molar-refractivity contribution in [2.24, 2.45) is 0 Å². The lowest BCUT2D eigenvalue weighted by molar-refractivity contribution is -0.114. The van der Waals surface area contributed by atoms with E-state index in [0.717, 1.165) is 0 Å². The Morgan fingerprint density at radius 2 is 2.11 bits per heavy atom. The second-order valence-corrected chi connectivity index (χ2v) is 3.85. The quantitative estimate of drug-likeness (QED) is 0.599. The van der Waals surface area contributed by atoms with Crippen LogP contribution < -0.4 is 9.64 Å². The van der Waals surface area contributed by atoms with Crippen molar-refractivity contribution >= 4 is 17.4 Å². The minimum absolute atomic E-state index is 0.406. The summed E-state index contributed by atoms with van der Waals surface area (Å²) in [4.78, 5) is 25.1. The fourth-order valence-corrected chi connectivity index (χ4v) is 1.92. The van der Waals surface area contributed by atoms with Gasteiger partial charge in [-0.3, -0.25) is 9.59 Å². The van der Waals surface area contributed by atoms with Crippen molar-refractivity contribution in [1.29, 1.82) is 0 Å². The first-order valence-corrected chi connectivity index (χ1v) is 5.63. The van der Waals surface area contributed by atoms with Crippen molar-refractivity contribution in [3.63, 3.8) is 0 Å². The van der Waals surface area contributed by atoms with Crippen LogP contribution in [-0.4, -0.2) is 25.3 Å². The molecule has 1 aliphatic rings. The summed E-state index contributed by atoms with van der Waals surface area (Å²) >= 11 is 0. The summed E-state index contributed by atoms with van der Waals surface area (Å²) in [6.07, 6.45) is 0.557. The molecule has 0 fully saturated rings. The van der Waals surface area contributed by atoms with E-state index in [9.17, 15) is 9.59 Å². The molecule has 0 unspecified atom stereocenters. The minimum atomic E-state index is -0.490. The van der Waals surface area contributed by atoms with E-state index < -0.39 is 11.7 Å². The van der Waals surface area contributed by atoms with E-state index in [1.165, 1.54) is 12.0 Å². The molecule has 0 N–H and O–H groups in total. The molecule has 0 aliphatic carbocycles. The molecule has 1 aromatic carbocycles. The third-order valence-electron chi connectivity index (χ3n) is 2.82. The number of methoxy groups -OCH3 is 1. The molecule has 4 heteroatoms. The third-order valence-corrected chi connectivity index (χ3v) is 2.82. The van der Waals surface area contributed by atoms with Crippen LogP contribution in [0.3, 0.4) is 0 Å². The number of hydrogen-bond acceptors (Lipinski definition) is 3. The molecule has 1 aliphatic heterocycles. The Morgan fingerprint density at radius 3 is 2.78 bits per heavy atom. The van der Waals surface area contributed by atoms with Gasteiger partial charge in [-0.15, -0.1) is 11.8 Å². The summed E-state index contributed by atoms with van der Waals surface area (Å²) < 4.78 is 5.05. The van der Waals surface area contributed by atoms with Gasteiger partial charge in [-0.25, -0.2) is 0 Å². The third kappa shape index (κ3) is 1.95. The highest BCUT2D eigenvalue weighted by Gasteiger charge is 2.35. The first kappa shape index (κ1) is 12.2. The van der Waals surface area contributed by atoms with Crippen LogP contribution >= 0.6 is 0 Å². The molecule has 4 nitrogen and oxygen atoms in total. The molecule has 0 radical (unpaired) electrons. The number of anilines is 1. The van der Waals surface area contributed by atoms with Gasteiger partial charge in [-0.1, -0.05) is 0 Å². The monoisotopic (exact) mass is 243 g/mol. The summed E-state index contributed by atoms with van der Waals surface area (Å²) in [6.45, 7) is 2.18. The van der Waals surface area contributed by atoms with Crippen LogP contribution in [0, 0.1) is 11.8 Å². The molecular formula is C14H13NO3. The zero-order chi connectivity index (χ0) is 13.1. The molecule has 0 aromatic heterocycles. The molecule has 18 heavy (non-hydrogen) atoms. The van der Waals surface area contributed by atoms with E-state index in [-0.39, 0.29) is 0 Å². The second-order valence-electron chi connectivity index (χ2n) is 3.85. The van der Waals surface area contributed by atoms with Gasteiger partial charge >= 0.3 is 0 Å². The number of rotatable bonds is 3. The Hall–Kier alpha value is -2.28. The van der Waals surface area contributed by atoms with Gasteiger partial charge in [-0.2, -0.15) is 0 Å². The first-order valence-electron chi connectivity index (χ1n) is 5.63. The molecule has 0 saturated heterocycles. The highest BCUT2D eigenvalue weighted by molar-refractivity contribution is 6.52. The Labute approximate surface area is 106 Å². The highest BCUT2D eigenvalue weighted by atomic mass is 16.5. The SMILES string of the molecule is CC#CCCN1C(=O)C(=O)c2cc(OC)ccc21. The predicted molar refractivity (Wildman–Crippen MR) is 67.7 cm³/mol. The van der Waals surface area contributed by atoms with Crippen molar-refractivity contribution in [3.05, 3.63) is 23.8 Å². The maximum atomic E-state index is 11.8. The number of ketones is 1. The van der Waals surface area contributed by atoms with Crippen LogP contribution in [0.5, 0.6) is 5.75 Å². The number of Topliss-reactive ketones (excluding diaryl/α,β-unsaturated/α-hetero) is 1. The number of nitrogens with zero attached hydrogens (tertiary/aromatic N) is 1. The van der Waals surface area contributed by atoms with Crippen molar-refractivity contribution in [1.82, 2.24) is 0 Å². The molecule has 0 saturated carbocycles. The van der Waals surface area contributed by atoms with E-state index >= 15 is 0 Å². The zero-order valence-electron chi connectivity index (χ0n) is 10.3. The van der Waals surface area contributed by atoms with Gasteiger partial charge in [0.05, 0.1) is 18.4 Å². The van der Waals surface area contributed by atoms with Crippen molar-refractivity contribution < 1.29 is 14.3 Å². The summed E-state index contributed by atoms with van der Waals surface area (Å²) in [5.41, 5.74) is 1.05.